The van der Waals surface area contributed by atoms with Crippen molar-refractivity contribution in [3.05, 3.63) is 40.3 Å². The van der Waals surface area contributed by atoms with Gasteiger partial charge in [0.15, 0.2) is 16.7 Å². The van der Waals surface area contributed by atoms with Gasteiger partial charge >= 0.3 is 0 Å². The molecular formula is C20H27ClN6O. The summed E-state index contributed by atoms with van der Waals surface area (Å²) < 4.78 is 0. The van der Waals surface area contributed by atoms with E-state index in [1.807, 2.05) is 19.1 Å². The van der Waals surface area contributed by atoms with Crippen LogP contribution in [0.25, 0.3) is 0 Å². The number of rotatable bonds is 6. The van der Waals surface area contributed by atoms with E-state index >= 15 is 0 Å². The summed E-state index contributed by atoms with van der Waals surface area (Å²) in [6, 6.07) is 6.11. The molecule has 3 N–H and O–H groups in total. The van der Waals surface area contributed by atoms with Crippen molar-refractivity contribution < 1.29 is 4.79 Å². The molecule has 150 valence electrons. The molecule has 3 rings (SSSR count). The third-order valence-electron chi connectivity index (χ3n) is 5.11. The third kappa shape index (κ3) is 4.36. The number of halogens is 1. The summed E-state index contributed by atoms with van der Waals surface area (Å²) >= 11 is 6.18. The molecule has 1 saturated heterocycles. The Morgan fingerprint density at radius 3 is 2.50 bits per heavy atom. The number of nitrogens with zero attached hydrogens (tertiary/aromatic N) is 4. The lowest BCUT2D eigenvalue weighted by Crippen LogP contribution is -2.46. The van der Waals surface area contributed by atoms with Crippen LogP contribution in [0.4, 0.5) is 17.2 Å². The fraction of sp³-hybridized carbons (Fsp3) is 0.450. The molecule has 1 aromatic carbocycles. The first-order valence-electron chi connectivity index (χ1n) is 9.64. The van der Waals surface area contributed by atoms with Crippen molar-refractivity contribution in [3.63, 3.8) is 0 Å². The van der Waals surface area contributed by atoms with Gasteiger partial charge < -0.3 is 20.9 Å². The average Bonchev–Trinajstić information content (AvgIpc) is 2.68. The highest BCUT2D eigenvalue weighted by Crippen LogP contribution is 2.28. The summed E-state index contributed by atoms with van der Waals surface area (Å²) in [5.74, 6) is -0.359. The largest absolute Gasteiger partial charge is 0.369 e. The molecule has 1 aromatic heterocycles. The first-order valence-corrected chi connectivity index (χ1v) is 10.0. The molecule has 1 aliphatic heterocycles. The Kier molecular flexibility index (Phi) is 6.36. The quantitative estimate of drug-likeness (QED) is 0.772. The second-order valence-electron chi connectivity index (χ2n) is 6.92. The maximum Gasteiger partial charge on any atom is 0.271 e. The van der Waals surface area contributed by atoms with Gasteiger partial charge in [-0.25, -0.2) is 9.97 Å². The van der Waals surface area contributed by atoms with Crippen LogP contribution in [0, 0.1) is 6.92 Å². The number of primary amides is 1. The van der Waals surface area contributed by atoms with E-state index in [-0.39, 0.29) is 16.7 Å². The number of hydrogen-bond donors (Lipinski definition) is 2. The Hall–Kier alpha value is -2.38. The topological polar surface area (TPSA) is 87.4 Å². The van der Waals surface area contributed by atoms with Crippen molar-refractivity contribution in [2.24, 2.45) is 5.73 Å². The lowest BCUT2D eigenvalue weighted by atomic mass is 10.1. The van der Waals surface area contributed by atoms with E-state index < -0.39 is 5.91 Å². The summed E-state index contributed by atoms with van der Waals surface area (Å²) in [5.41, 5.74) is 9.32. The van der Waals surface area contributed by atoms with E-state index in [0.29, 0.717) is 12.1 Å². The van der Waals surface area contributed by atoms with Crippen LogP contribution in [0.3, 0.4) is 0 Å². The predicted molar refractivity (Wildman–Crippen MR) is 114 cm³/mol. The zero-order valence-corrected chi connectivity index (χ0v) is 17.4. The van der Waals surface area contributed by atoms with Gasteiger partial charge in [0.25, 0.3) is 5.91 Å². The average molecular weight is 403 g/mol. The number of likely N-dealkylation sites (N-methyl/N-ethyl adjacent to an activating group) is 1. The van der Waals surface area contributed by atoms with Crippen LogP contribution in [0.2, 0.25) is 5.15 Å². The van der Waals surface area contributed by atoms with Gasteiger partial charge in [-0.15, -0.1) is 0 Å². The summed E-state index contributed by atoms with van der Waals surface area (Å²) in [5, 5.41) is 3.42. The molecule has 0 atom stereocenters. The van der Waals surface area contributed by atoms with Crippen molar-refractivity contribution in [2.45, 2.75) is 27.2 Å². The molecule has 0 unspecified atom stereocenters. The van der Waals surface area contributed by atoms with Crippen molar-refractivity contribution in [2.75, 3.05) is 42.9 Å². The van der Waals surface area contributed by atoms with E-state index in [0.717, 1.165) is 44.0 Å². The van der Waals surface area contributed by atoms with Gasteiger partial charge in [0.2, 0.25) is 0 Å². The molecule has 7 nitrogen and oxygen atoms in total. The molecule has 2 heterocycles. The minimum absolute atomic E-state index is 0.0960. The number of anilines is 3. The van der Waals surface area contributed by atoms with Crippen LogP contribution in [0.15, 0.2) is 18.2 Å². The van der Waals surface area contributed by atoms with Crippen LogP contribution < -0.4 is 16.0 Å². The standard InChI is InChI=1S/C20H27ClN6O/c1-4-15-18(21)25-20(17(24-15)19(22)28)23-14-6-7-16(13(3)12-14)27-10-8-26(5-2)9-11-27/h6-7,12H,4-5,8-11H2,1-3H3,(H2,22,28)(H,23,25). The number of nitrogens with one attached hydrogen (secondary N) is 1. The Morgan fingerprint density at radius 2 is 1.93 bits per heavy atom. The smallest absolute Gasteiger partial charge is 0.271 e. The molecule has 0 aliphatic carbocycles. The Balaban J connectivity index is 1.82. The minimum Gasteiger partial charge on any atom is -0.369 e. The fourth-order valence-corrected chi connectivity index (χ4v) is 3.72. The van der Waals surface area contributed by atoms with E-state index in [9.17, 15) is 4.79 Å². The van der Waals surface area contributed by atoms with Gasteiger partial charge in [-0.05, 0) is 43.7 Å². The Bertz CT molecular complexity index is 864. The van der Waals surface area contributed by atoms with Gasteiger partial charge in [0, 0.05) is 37.6 Å². The molecule has 0 saturated carbocycles. The molecule has 2 aromatic rings. The van der Waals surface area contributed by atoms with Crippen molar-refractivity contribution in [3.8, 4) is 0 Å². The molecule has 0 spiro atoms. The monoisotopic (exact) mass is 402 g/mol. The third-order valence-corrected chi connectivity index (χ3v) is 5.41. The van der Waals surface area contributed by atoms with E-state index in [1.54, 1.807) is 0 Å². The van der Waals surface area contributed by atoms with Crippen molar-refractivity contribution >= 4 is 34.7 Å². The molecule has 8 heteroatoms. The number of nitrogens with two attached hydrogens (primary N) is 1. The fourth-order valence-electron chi connectivity index (χ4n) is 3.46. The molecular weight excluding hydrogens is 376 g/mol. The van der Waals surface area contributed by atoms with Gasteiger partial charge in [0.05, 0.1) is 5.69 Å². The lowest BCUT2D eigenvalue weighted by molar-refractivity contribution is 0.0996. The molecule has 0 bridgehead atoms. The van der Waals surface area contributed by atoms with Crippen LogP contribution in [0.5, 0.6) is 0 Å². The molecule has 28 heavy (non-hydrogen) atoms. The van der Waals surface area contributed by atoms with Crippen molar-refractivity contribution in [1.29, 1.82) is 0 Å². The van der Waals surface area contributed by atoms with E-state index in [1.165, 1.54) is 5.69 Å². The molecule has 1 fully saturated rings. The molecule has 1 amide bonds. The summed E-state index contributed by atoms with van der Waals surface area (Å²) in [6.45, 7) is 11.5. The molecule has 0 radical (unpaired) electrons. The number of benzene rings is 1. The second-order valence-corrected chi connectivity index (χ2v) is 7.28. The maximum atomic E-state index is 11.8. The predicted octanol–water partition coefficient (Wildman–Crippen LogP) is 2.99. The van der Waals surface area contributed by atoms with Gasteiger partial charge in [0.1, 0.15) is 0 Å². The van der Waals surface area contributed by atoms with E-state index in [2.05, 4.69) is 45.0 Å². The first-order chi connectivity index (χ1) is 13.4. The summed E-state index contributed by atoms with van der Waals surface area (Å²) in [6.07, 6.45) is 0.575. The highest BCUT2D eigenvalue weighted by Gasteiger charge is 2.19. The number of hydrogen-bond acceptors (Lipinski definition) is 6. The lowest BCUT2D eigenvalue weighted by Gasteiger charge is -2.36. The SMILES string of the molecule is CCc1nc(C(N)=O)c(Nc2ccc(N3CCN(CC)CC3)c(C)c2)nc1Cl. The number of carbonyl (C=O) groups is 1. The van der Waals surface area contributed by atoms with Gasteiger partial charge in [-0.2, -0.15) is 0 Å². The zero-order valence-electron chi connectivity index (χ0n) is 16.6. The van der Waals surface area contributed by atoms with Gasteiger partial charge in [-0.3, -0.25) is 4.79 Å². The minimum atomic E-state index is -0.636. The highest BCUT2D eigenvalue weighted by molar-refractivity contribution is 6.30. The van der Waals surface area contributed by atoms with Gasteiger partial charge in [-0.1, -0.05) is 25.4 Å². The highest BCUT2D eigenvalue weighted by atomic mass is 35.5. The number of carbonyl (C=O) groups excluding carboxylic acids is 1. The number of aromatic nitrogens is 2. The maximum absolute atomic E-state index is 11.8. The first kappa shape index (κ1) is 20.4. The number of aryl methyl sites for hydroxylation is 2. The summed E-state index contributed by atoms with van der Waals surface area (Å²) in [7, 11) is 0. The van der Waals surface area contributed by atoms with Crippen LogP contribution >= 0.6 is 11.6 Å². The van der Waals surface area contributed by atoms with Crippen LogP contribution in [-0.4, -0.2) is 53.5 Å². The molecule has 1 aliphatic rings. The van der Waals surface area contributed by atoms with Crippen LogP contribution in [-0.2, 0) is 6.42 Å². The summed E-state index contributed by atoms with van der Waals surface area (Å²) in [4.78, 5) is 25.2. The van der Waals surface area contributed by atoms with E-state index in [4.69, 9.17) is 17.3 Å². The van der Waals surface area contributed by atoms with Crippen molar-refractivity contribution in [1.82, 2.24) is 14.9 Å². The Labute approximate surface area is 170 Å². The number of amides is 1. The number of piperazine rings is 1. The van der Waals surface area contributed by atoms with Crippen LogP contribution in [0.1, 0.15) is 35.6 Å². The Morgan fingerprint density at radius 1 is 1.21 bits per heavy atom. The zero-order chi connectivity index (χ0) is 20.3. The normalized spacial score (nSPS) is 14.9. The second kappa shape index (κ2) is 8.75.